The first-order chi connectivity index (χ1) is 14.7. The first-order valence-corrected chi connectivity index (χ1v) is 12.4. The number of hydrogen-bond donors (Lipinski definition) is 2. The minimum Gasteiger partial charge on any atom is -0.383 e. The van der Waals surface area contributed by atoms with Crippen LogP contribution in [0.15, 0.2) is 22.8 Å². The maximum atomic E-state index is 12.8. The van der Waals surface area contributed by atoms with E-state index in [-0.39, 0.29) is 17.6 Å². The highest BCUT2D eigenvalue weighted by Gasteiger charge is 2.26. The zero-order valence-electron chi connectivity index (χ0n) is 16.5. The summed E-state index contributed by atoms with van der Waals surface area (Å²) in [6.45, 7) is 0.889. The summed E-state index contributed by atoms with van der Waals surface area (Å²) in [4.78, 5) is 36.2. The van der Waals surface area contributed by atoms with Crippen molar-refractivity contribution in [2.24, 2.45) is 0 Å². The van der Waals surface area contributed by atoms with Gasteiger partial charge in [-0.15, -0.1) is 22.7 Å². The molecule has 0 aliphatic heterocycles. The number of rotatable bonds is 8. The van der Waals surface area contributed by atoms with Crippen molar-refractivity contribution in [3.63, 3.8) is 0 Å². The Bertz CT molecular complexity index is 1060. The third-order valence-electron chi connectivity index (χ3n) is 4.81. The Balaban J connectivity index is 1.47. The van der Waals surface area contributed by atoms with E-state index in [1.54, 1.807) is 18.4 Å². The topological polar surface area (TPSA) is 93.2 Å². The van der Waals surface area contributed by atoms with Gasteiger partial charge in [0, 0.05) is 23.9 Å². The lowest BCUT2D eigenvalue weighted by atomic mass is 9.95. The predicted molar refractivity (Wildman–Crippen MR) is 122 cm³/mol. The molecule has 2 N–H and O–H groups in total. The molecular weight excluding hydrogens is 440 g/mol. The molecule has 158 valence electrons. The van der Waals surface area contributed by atoms with Crippen LogP contribution < -0.4 is 10.6 Å². The van der Waals surface area contributed by atoms with Gasteiger partial charge in [0.05, 0.1) is 17.9 Å². The molecule has 0 fully saturated rings. The fourth-order valence-electron chi connectivity index (χ4n) is 3.43. The maximum Gasteiger partial charge on any atom is 0.254 e. The number of hydrogen-bond acceptors (Lipinski definition) is 8. The molecule has 3 aromatic rings. The second-order valence-electron chi connectivity index (χ2n) is 6.82. The van der Waals surface area contributed by atoms with E-state index in [1.807, 2.05) is 11.4 Å². The number of nitrogens with zero attached hydrogens (tertiary/aromatic N) is 2. The minimum atomic E-state index is -0.148. The Hall–Kier alpha value is -2.01. The second-order valence-corrected chi connectivity index (χ2v) is 9.78. The minimum absolute atomic E-state index is 0.147. The molecule has 0 saturated carbocycles. The number of methoxy groups -OCH3 is 1. The van der Waals surface area contributed by atoms with Crippen LogP contribution in [0.4, 0.5) is 5.00 Å². The molecule has 2 amide bonds. The number of thioether (sulfide) groups is 1. The van der Waals surface area contributed by atoms with Crippen LogP contribution in [-0.2, 0) is 22.4 Å². The lowest BCUT2D eigenvalue weighted by Crippen LogP contribution is -2.29. The van der Waals surface area contributed by atoms with Gasteiger partial charge >= 0.3 is 0 Å². The van der Waals surface area contributed by atoms with Crippen LogP contribution in [0.3, 0.4) is 0 Å². The summed E-state index contributed by atoms with van der Waals surface area (Å²) in [6, 6.07) is 1.97. The highest BCUT2D eigenvalue weighted by molar-refractivity contribution is 8.00. The molecule has 30 heavy (non-hydrogen) atoms. The summed E-state index contributed by atoms with van der Waals surface area (Å²) in [5.41, 5.74) is 1.70. The molecule has 3 heterocycles. The van der Waals surface area contributed by atoms with E-state index in [1.165, 1.54) is 34.3 Å². The van der Waals surface area contributed by atoms with E-state index < -0.39 is 0 Å². The van der Waals surface area contributed by atoms with Crippen molar-refractivity contribution in [2.45, 2.75) is 30.7 Å². The van der Waals surface area contributed by atoms with E-state index in [4.69, 9.17) is 4.74 Å². The Morgan fingerprint density at radius 1 is 1.27 bits per heavy atom. The monoisotopic (exact) mass is 462 g/mol. The normalized spacial score (nSPS) is 13.2. The molecule has 0 saturated heterocycles. The number of nitrogens with one attached hydrogen (secondary N) is 2. The van der Waals surface area contributed by atoms with Crippen LogP contribution in [0.5, 0.6) is 0 Å². The first kappa shape index (κ1) is 21.2. The Morgan fingerprint density at radius 2 is 2.13 bits per heavy atom. The molecule has 4 rings (SSSR count). The number of thiophene rings is 2. The van der Waals surface area contributed by atoms with E-state index in [2.05, 4.69) is 20.6 Å². The maximum absolute atomic E-state index is 12.8. The van der Waals surface area contributed by atoms with Gasteiger partial charge in [0.25, 0.3) is 5.91 Å². The molecule has 1 aliphatic rings. The number of aryl methyl sites for hydroxylation is 1. The van der Waals surface area contributed by atoms with Crippen molar-refractivity contribution in [2.75, 3.05) is 31.3 Å². The van der Waals surface area contributed by atoms with E-state index >= 15 is 0 Å². The Labute approximate surface area is 186 Å². The van der Waals surface area contributed by atoms with Crippen LogP contribution >= 0.6 is 34.4 Å². The van der Waals surface area contributed by atoms with Crippen molar-refractivity contribution in [1.29, 1.82) is 0 Å². The summed E-state index contributed by atoms with van der Waals surface area (Å²) in [7, 11) is 1.60. The molecule has 0 spiro atoms. The Kier molecular flexibility index (Phi) is 6.98. The number of amides is 2. The quantitative estimate of drug-likeness (QED) is 0.301. The van der Waals surface area contributed by atoms with Gasteiger partial charge in [0.2, 0.25) is 5.91 Å². The van der Waals surface area contributed by atoms with Gasteiger partial charge in [-0.3, -0.25) is 9.59 Å². The molecular formula is C20H22N4O3S3. The number of anilines is 1. The van der Waals surface area contributed by atoms with Gasteiger partial charge in [0.1, 0.15) is 21.2 Å². The second kappa shape index (κ2) is 9.86. The van der Waals surface area contributed by atoms with E-state index in [0.717, 1.165) is 46.5 Å². The first-order valence-electron chi connectivity index (χ1n) is 9.70. The van der Waals surface area contributed by atoms with Gasteiger partial charge in [-0.25, -0.2) is 9.97 Å². The zero-order valence-corrected chi connectivity index (χ0v) is 19.0. The summed E-state index contributed by atoms with van der Waals surface area (Å²) in [5.74, 6) is -0.0772. The molecule has 3 aromatic heterocycles. The lowest BCUT2D eigenvalue weighted by molar-refractivity contribution is -0.113. The SMILES string of the molecule is COCCNC(=O)c1c(NC(=O)CSc2ncnc3sccc23)sc2c1CCCC2. The third kappa shape index (κ3) is 4.66. The molecule has 0 bridgehead atoms. The van der Waals surface area contributed by atoms with Gasteiger partial charge in [-0.05, 0) is 42.7 Å². The van der Waals surface area contributed by atoms with Crippen molar-refractivity contribution < 1.29 is 14.3 Å². The Morgan fingerprint density at radius 3 is 3.00 bits per heavy atom. The number of carbonyl (C=O) groups is 2. The molecule has 0 radical (unpaired) electrons. The lowest BCUT2D eigenvalue weighted by Gasteiger charge is -2.13. The standard InChI is InChI=1S/C20H22N4O3S3/c1-27-8-7-21-17(26)16-12-4-2-3-5-14(12)30-20(16)24-15(25)10-29-19-13-6-9-28-18(13)22-11-23-19/h6,9,11H,2-5,7-8,10H2,1H3,(H,21,26)(H,24,25). The predicted octanol–water partition coefficient (Wildman–Crippen LogP) is 3.74. The summed E-state index contributed by atoms with van der Waals surface area (Å²) < 4.78 is 5.02. The zero-order chi connectivity index (χ0) is 20.9. The van der Waals surface area contributed by atoms with Gasteiger partial charge in [0.15, 0.2) is 0 Å². The van der Waals surface area contributed by atoms with Gasteiger partial charge in [-0.1, -0.05) is 11.8 Å². The summed E-state index contributed by atoms with van der Waals surface area (Å²) in [6.07, 6.45) is 5.54. The number of fused-ring (bicyclic) bond motifs is 2. The average molecular weight is 463 g/mol. The molecule has 1 aliphatic carbocycles. The fourth-order valence-corrected chi connectivity index (χ4v) is 6.31. The molecule has 0 aromatic carbocycles. The van der Waals surface area contributed by atoms with Crippen LogP contribution in [0, 0.1) is 0 Å². The van der Waals surface area contributed by atoms with Gasteiger partial charge in [-0.2, -0.15) is 0 Å². The smallest absolute Gasteiger partial charge is 0.254 e. The average Bonchev–Trinajstić information content (AvgIpc) is 3.36. The molecule has 10 heteroatoms. The molecule has 0 unspecified atom stereocenters. The summed E-state index contributed by atoms with van der Waals surface area (Å²) in [5, 5.41) is 10.2. The van der Waals surface area contributed by atoms with Crippen molar-refractivity contribution >= 4 is 61.5 Å². The molecule has 7 nitrogen and oxygen atoms in total. The van der Waals surface area contributed by atoms with Crippen LogP contribution in [0.1, 0.15) is 33.6 Å². The van der Waals surface area contributed by atoms with Crippen molar-refractivity contribution in [1.82, 2.24) is 15.3 Å². The number of ether oxygens (including phenoxy) is 1. The van der Waals surface area contributed by atoms with E-state index in [0.29, 0.717) is 23.7 Å². The van der Waals surface area contributed by atoms with E-state index in [9.17, 15) is 9.59 Å². The van der Waals surface area contributed by atoms with Crippen molar-refractivity contribution in [3.8, 4) is 0 Å². The number of aromatic nitrogens is 2. The fraction of sp³-hybridized carbons (Fsp3) is 0.400. The van der Waals surface area contributed by atoms with Gasteiger partial charge < -0.3 is 15.4 Å². The largest absolute Gasteiger partial charge is 0.383 e. The van der Waals surface area contributed by atoms with Crippen LogP contribution in [-0.4, -0.2) is 47.8 Å². The summed E-state index contributed by atoms with van der Waals surface area (Å²) >= 11 is 4.46. The third-order valence-corrected chi connectivity index (χ3v) is 7.84. The number of carbonyl (C=O) groups excluding carboxylic acids is 2. The van der Waals surface area contributed by atoms with Crippen LogP contribution in [0.2, 0.25) is 0 Å². The highest BCUT2D eigenvalue weighted by atomic mass is 32.2. The van der Waals surface area contributed by atoms with Crippen molar-refractivity contribution in [3.05, 3.63) is 33.8 Å². The molecule has 0 atom stereocenters. The van der Waals surface area contributed by atoms with Crippen LogP contribution in [0.25, 0.3) is 10.2 Å². The highest BCUT2D eigenvalue weighted by Crippen LogP contribution is 2.38.